The number of aliphatic hydroxyl groups excluding tert-OH is 1. The van der Waals surface area contributed by atoms with Crippen LogP contribution in [-0.2, 0) is 0 Å². The maximum absolute atomic E-state index is 9.48. The summed E-state index contributed by atoms with van der Waals surface area (Å²) >= 11 is 0. The fourth-order valence-corrected chi connectivity index (χ4v) is 2.42. The molecule has 1 fully saturated rings. The van der Waals surface area contributed by atoms with Crippen LogP contribution in [0, 0.1) is 0 Å². The zero-order valence-corrected chi connectivity index (χ0v) is 14.1. The first-order valence-electron chi connectivity index (χ1n) is 7.02. The fourth-order valence-electron chi connectivity index (χ4n) is 2.42. The van der Waals surface area contributed by atoms with Gasteiger partial charge in [0.25, 0.3) is 0 Å². The van der Waals surface area contributed by atoms with Crippen molar-refractivity contribution in [1.29, 1.82) is 0 Å². The Labute approximate surface area is 138 Å². The smallest absolute Gasteiger partial charge is 0.191 e. The summed E-state index contributed by atoms with van der Waals surface area (Å²) in [5.41, 5.74) is 7.14. The van der Waals surface area contributed by atoms with Gasteiger partial charge in [-0.1, -0.05) is 30.3 Å². The molecule has 0 radical (unpaired) electrons. The standard InChI is InChI=1S/C15H23N3O.HI/c16-15(18-9-5-2-6-10-18)17-11-14(12-19)13-7-3-1-4-8-13;/h1,3-4,7-8,14,19H,2,5-6,9-12H2,(H2,16,17);1H. The van der Waals surface area contributed by atoms with E-state index < -0.39 is 0 Å². The molecule has 2 rings (SSSR count). The Bertz CT molecular complexity index is 405. The van der Waals surface area contributed by atoms with Crippen LogP contribution in [-0.4, -0.2) is 42.2 Å². The molecule has 20 heavy (non-hydrogen) atoms. The van der Waals surface area contributed by atoms with Gasteiger partial charge in [-0.05, 0) is 24.8 Å². The van der Waals surface area contributed by atoms with Crippen LogP contribution in [0.5, 0.6) is 0 Å². The highest BCUT2D eigenvalue weighted by atomic mass is 127. The van der Waals surface area contributed by atoms with Crippen molar-refractivity contribution in [1.82, 2.24) is 4.90 Å². The van der Waals surface area contributed by atoms with Crippen LogP contribution >= 0.6 is 24.0 Å². The Hall–Kier alpha value is -0.820. The van der Waals surface area contributed by atoms with Crippen LogP contribution in [0.15, 0.2) is 35.3 Å². The number of nitrogens with zero attached hydrogens (tertiary/aromatic N) is 2. The van der Waals surface area contributed by atoms with E-state index in [1.165, 1.54) is 19.3 Å². The lowest BCUT2D eigenvalue weighted by Crippen LogP contribution is -2.41. The first-order valence-corrected chi connectivity index (χ1v) is 7.02. The van der Waals surface area contributed by atoms with Crippen molar-refractivity contribution in [2.75, 3.05) is 26.2 Å². The van der Waals surface area contributed by atoms with Gasteiger partial charge in [0.2, 0.25) is 0 Å². The highest BCUT2D eigenvalue weighted by Crippen LogP contribution is 2.15. The number of hydrogen-bond acceptors (Lipinski definition) is 2. The minimum atomic E-state index is 0. The molecule has 4 nitrogen and oxygen atoms in total. The summed E-state index contributed by atoms with van der Waals surface area (Å²) in [5, 5.41) is 9.48. The minimum Gasteiger partial charge on any atom is -0.396 e. The second-order valence-corrected chi connectivity index (χ2v) is 5.04. The average Bonchev–Trinajstić information content (AvgIpc) is 2.49. The highest BCUT2D eigenvalue weighted by molar-refractivity contribution is 14.0. The van der Waals surface area contributed by atoms with Gasteiger partial charge in [-0.25, -0.2) is 0 Å². The van der Waals surface area contributed by atoms with Crippen LogP contribution in [0.3, 0.4) is 0 Å². The molecule has 1 unspecified atom stereocenters. The quantitative estimate of drug-likeness (QED) is 0.472. The maximum Gasteiger partial charge on any atom is 0.191 e. The monoisotopic (exact) mass is 389 g/mol. The highest BCUT2D eigenvalue weighted by Gasteiger charge is 2.13. The molecule has 0 aliphatic carbocycles. The van der Waals surface area contributed by atoms with Gasteiger partial charge in [0.1, 0.15) is 0 Å². The van der Waals surface area contributed by atoms with Gasteiger partial charge >= 0.3 is 0 Å². The molecule has 1 aromatic rings. The first-order chi connectivity index (χ1) is 9.31. The predicted octanol–water partition coefficient (Wildman–Crippen LogP) is 2.18. The SMILES string of the molecule is I.NC(=NCC(CO)c1ccccc1)N1CCCCC1. The number of guanidine groups is 1. The molecule has 0 spiro atoms. The molecule has 0 saturated carbocycles. The molecule has 0 amide bonds. The molecule has 112 valence electrons. The average molecular weight is 389 g/mol. The fraction of sp³-hybridized carbons (Fsp3) is 0.533. The largest absolute Gasteiger partial charge is 0.396 e. The van der Waals surface area contributed by atoms with E-state index in [4.69, 9.17) is 5.73 Å². The zero-order chi connectivity index (χ0) is 13.5. The summed E-state index contributed by atoms with van der Waals surface area (Å²) in [7, 11) is 0. The van der Waals surface area contributed by atoms with Crippen molar-refractivity contribution in [3.63, 3.8) is 0 Å². The topological polar surface area (TPSA) is 61.9 Å². The van der Waals surface area contributed by atoms with Crippen molar-refractivity contribution in [2.24, 2.45) is 10.7 Å². The summed E-state index contributed by atoms with van der Waals surface area (Å²) in [6.45, 7) is 2.65. The molecule has 0 bridgehead atoms. The van der Waals surface area contributed by atoms with Gasteiger partial charge in [-0.15, -0.1) is 24.0 Å². The Morgan fingerprint density at radius 1 is 1.20 bits per heavy atom. The summed E-state index contributed by atoms with van der Waals surface area (Å²) in [6.07, 6.45) is 3.67. The number of likely N-dealkylation sites (tertiary alicyclic amines) is 1. The van der Waals surface area contributed by atoms with E-state index in [-0.39, 0.29) is 36.5 Å². The van der Waals surface area contributed by atoms with Crippen LogP contribution in [0.1, 0.15) is 30.7 Å². The minimum absolute atomic E-state index is 0. The van der Waals surface area contributed by atoms with Crippen molar-refractivity contribution in [3.8, 4) is 0 Å². The van der Waals surface area contributed by atoms with Gasteiger partial charge < -0.3 is 15.7 Å². The van der Waals surface area contributed by atoms with Gasteiger partial charge in [0.05, 0.1) is 13.2 Å². The number of aliphatic imine (C=N–C) groups is 1. The Morgan fingerprint density at radius 3 is 2.45 bits per heavy atom. The first kappa shape index (κ1) is 17.2. The second-order valence-electron chi connectivity index (χ2n) is 5.04. The van der Waals surface area contributed by atoms with E-state index in [1.54, 1.807) is 0 Å². The third-order valence-corrected chi connectivity index (χ3v) is 3.65. The molecular weight excluding hydrogens is 365 g/mol. The number of benzene rings is 1. The molecule has 1 aliphatic heterocycles. The molecule has 1 atom stereocenters. The third-order valence-electron chi connectivity index (χ3n) is 3.65. The van der Waals surface area contributed by atoms with Crippen LogP contribution in [0.25, 0.3) is 0 Å². The number of rotatable bonds is 4. The molecule has 3 N–H and O–H groups in total. The van der Waals surface area contributed by atoms with Crippen LogP contribution in [0.4, 0.5) is 0 Å². The van der Waals surface area contributed by atoms with E-state index in [9.17, 15) is 5.11 Å². The Kier molecular flexibility index (Phi) is 7.91. The van der Waals surface area contributed by atoms with Crippen molar-refractivity contribution >= 4 is 29.9 Å². The number of halogens is 1. The number of aliphatic hydroxyl groups is 1. The molecule has 1 saturated heterocycles. The van der Waals surface area contributed by atoms with Gasteiger partial charge in [0.15, 0.2) is 5.96 Å². The van der Waals surface area contributed by atoms with E-state index in [0.717, 1.165) is 18.7 Å². The Morgan fingerprint density at radius 2 is 1.85 bits per heavy atom. The van der Waals surface area contributed by atoms with Crippen molar-refractivity contribution in [3.05, 3.63) is 35.9 Å². The molecular formula is C15H24IN3O. The molecule has 1 aromatic carbocycles. The normalized spacial score (nSPS) is 17.4. The van der Waals surface area contributed by atoms with Crippen LogP contribution in [0.2, 0.25) is 0 Å². The lowest BCUT2D eigenvalue weighted by atomic mass is 10.0. The maximum atomic E-state index is 9.48. The van der Waals surface area contributed by atoms with E-state index in [1.807, 2.05) is 30.3 Å². The van der Waals surface area contributed by atoms with Gasteiger partial charge in [0, 0.05) is 19.0 Å². The summed E-state index contributed by atoms with van der Waals surface area (Å²) in [6, 6.07) is 9.98. The van der Waals surface area contributed by atoms with E-state index in [0.29, 0.717) is 12.5 Å². The Balaban J connectivity index is 0.00000200. The number of nitrogens with two attached hydrogens (primary N) is 1. The van der Waals surface area contributed by atoms with Gasteiger partial charge in [-0.3, -0.25) is 4.99 Å². The number of hydrogen-bond donors (Lipinski definition) is 2. The second kappa shape index (κ2) is 9.18. The van der Waals surface area contributed by atoms with Crippen molar-refractivity contribution < 1.29 is 5.11 Å². The molecule has 1 aliphatic rings. The van der Waals surface area contributed by atoms with E-state index >= 15 is 0 Å². The van der Waals surface area contributed by atoms with E-state index in [2.05, 4.69) is 9.89 Å². The summed E-state index contributed by atoms with van der Waals surface area (Å²) < 4.78 is 0. The van der Waals surface area contributed by atoms with Crippen LogP contribution < -0.4 is 5.73 Å². The molecule has 1 heterocycles. The lowest BCUT2D eigenvalue weighted by Gasteiger charge is -2.27. The molecule has 5 heteroatoms. The predicted molar refractivity (Wildman–Crippen MR) is 93.6 cm³/mol. The number of piperidine rings is 1. The third kappa shape index (κ3) is 4.94. The van der Waals surface area contributed by atoms with Gasteiger partial charge in [-0.2, -0.15) is 0 Å². The molecule has 0 aromatic heterocycles. The summed E-state index contributed by atoms with van der Waals surface area (Å²) in [4.78, 5) is 6.60. The zero-order valence-electron chi connectivity index (χ0n) is 11.7. The lowest BCUT2D eigenvalue weighted by molar-refractivity contribution is 0.267. The van der Waals surface area contributed by atoms with Crippen molar-refractivity contribution in [2.45, 2.75) is 25.2 Å². The summed E-state index contributed by atoms with van der Waals surface area (Å²) in [5.74, 6) is 0.652.